The van der Waals surface area contributed by atoms with Crippen molar-refractivity contribution in [2.75, 3.05) is 25.0 Å². The third kappa shape index (κ3) is 2.40. The van der Waals surface area contributed by atoms with Crippen LogP contribution in [0.5, 0.6) is 0 Å². The van der Waals surface area contributed by atoms with Gasteiger partial charge in [-0.15, -0.1) is 0 Å². The van der Waals surface area contributed by atoms with Crippen molar-refractivity contribution in [3.8, 4) is 0 Å². The number of aliphatic hydroxyl groups is 1. The van der Waals surface area contributed by atoms with Gasteiger partial charge in [0, 0.05) is 31.2 Å². The summed E-state index contributed by atoms with van der Waals surface area (Å²) in [6.07, 6.45) is 1.44. The van der Waals surface area contributed by atoms with Crippen molar-refractivity contribution in [3.63, 3.8) is 0 Å². The van der Waals surface area contributed by atoms with E-state index in [4.69, 9.17) is 0 Å². The fraction of sp³-hybridized carbons (Fsp3) is 0.562. The van der Waals surface area contributed by atoms with Crippen LogP contribution in [0.3, 0.4) is 0 Å². The number of hydrogen-bond acceptors (Lipinski definition) is 3. The van der Waals surface area contributed by atoms with Crippen molar-refractivity contribution >= 4 is 11.6 Å². The molecule has 0 saturated carbocycles. The predicted molar refractivity (Wildman–Crippen MR) is 78.7 cm³/mol. The van der Waals surface area contributed by atoms with Crippen molar-refractivity contribution in [1.82, 2.24) is 4.90 Å². The number of fused-ring (bicyclic) bond motifs is 1. The summed E-state index contributed by atoms with van der Waals surface area (Å²) >= 11 is 0. The monoisotopic (exact) mass is 274 g/mol. The van der Waals surface area contributed by atoms with E-state index in [1.165, 1.54) is 0 Å². The summed E-state index contributed by atoms with van der Waals surface area (Å²) in [6, 6.07) is 8.08. The maximum absolute atomic E-state index is 12.7. The number of rotatable bonds is 2. The van der Waals surface area contributed by atoms with E-state index >= 15 is 0 Å². The van der Waals surface area contributed by atoms with Crippen molar-refractivity contribution in [2.45, 2.75) is 31.8 Å². The zero-order valence-corrected chi connectivity index (χ0v) is 11.9. The molecule has 1 aromatic rings. The predicted octanol–water partition coefficient (Wildman–Crippen LogP) is 1.82. The van der Waals surface area contributed by atoms with E-state index in [-0.39, 0.29) is 23.8 Å². The number of nitrogens with zero attached hydrogens (tertiary/aromatic N) is 1. The average molecular weight is 274 g/mol. The standard InChI is InChI=1S/C16H22N2O2/c1-11(19)12-7-9-18(10-12)16(20)14-6-8-17-15-5-3-2-4-13(14)15/h2-5,11-12,14,17,19H,6-10H2,1H3. The second kappa shape index (κ2) is 5.44. The molecule has 1 fully saturated rings. The van der Waals surface area contributed by atoms with Crippen LogP contribution in [0.25, 0.3) is 0 Å². The lowest BCUT2D eigenvalue weighted by Crippen LogP contribution is -2.36. The minimum absolute atomic E-state index is 0.0276. The molecule has 1 amide bonds. The third-order valence-electron chi connectivity index (χ3n) is 4.60. The van der Waals surface area contributed by atoms with E-state index in [0.29, 0.717) is 6.54 Å². The minimum atomic E-state index is -0.326. The third-order valence-corrected chi connectivity index (χ3v) is 4.60. The fourth-order valence-corrected chi connectivity index (χ4v) is 3.33. The first-order valence-electron chi connectivity index (χ1n) is 7.46. The fourth-order valence-electron chi connectivity index (χ4n) is 3.33. The van der Waals surface area contributed by atoms with Crippen LogP contribution in [-0.4, -0.2) is 41.7 Å². The number of carbonyl (C=O) groups excluding carboxylic acids is 1. The highest BCUT2D eigenvalue weighted by molar-refractivity contribution is 5.86. The van der Waals surface area contributed by atoms with Gasteiger partial charge in [0.25, 0.3) is 0 Å². The van der Waals surface area contributed by atoms with Gasteiger partial charge in [0.15, 0.2) is 0 Å². The lowest BCUT2D eigenvalue weighted by molar-refractivity contribution is -0.132. The first-order chi connectivity index (χ1) is 9.66. The molecule has 3 atom stereocenters. The molecule has 3 unspecified atom stereocenters. The van der Waals surface area contributed by atoms with Crippen LogP contribution in [0.2, 0.25) is 0 Å². The van der Waals surface area contributed by atoms with Gasteiger partial charge < -0.3 is 15.3 Å². The molecule has 0 aliphatic carbocycles. The highest BCUT2D eigenvalue weighted by Gasteiger charge is 2.34. The number of carbonyl (C=O) groups is 1. The van der Waals surface area contributed by atoms with E-state index in [1.54, 1.807) is 0 Å². The SMILES string of the molecule is CC(O)C1CCN(C(=O)C2CCNc3ccccc32)C1. The average Bonchev–Trinajstić information content (AvgIpc) is 2.96. The van der Waals surface area contributed by atoms with Crippen LogP contribution in [0, 0.1) is 5.92 Å². The van der Waals surface area contributed by atoms with Crippen molar-refractivity contribution in [1.29, 1.82) is 0 Å². The van der Waals surface area contributed by atoms with Gasteiger partial charge in [-0.2, -0.15) is 0 Å². The van der Waals surface area contributed by atoms with E-state index in [1.807, 2.05) is 36.1 Å². The number of anilines is 1. The van der Waals surface area contributed by atoms with Gasteiger partial charge in [-0.1, -0.05) is 18.2 Å². The molecular formula is C16H22N2O2. The molecule has 2 heterocycles. The van der Waals surface area contributed by atoms with Crippen molar-refractivity contribution < 1.29 is 9.90 Å². The number of nitrogens with one attached hydrogen (secondary N) is 1. The van der Waals surface area contributed by atoms with Gasteiger partial charge in [0.2, 0.25) is 5.91 Å². The number of hydrogen-bond donors (Lipinski definition) is 2. The molecule has 0 aromatic heterocycles. The summed E-state index contributed by atoms with van der Waals surface area (Å²) in [7, 11) is 0. The largest absolute Gasteiger partial charge is 0.393 e. The second-order valence-electron chi connectivity index (χ2n) is 5.93. The van der Waals surface area contributed by atoms with E-state index in [9.17, 15) is 9.90 Å². The molecule has 3 rings (SSSR count). The first kappa shape index (κ1) is 13.4. The Morgan fingerprint density at radius 2 is 2.20 bits per heavy atom. The van der Waals surface area contributed by atoms with Crippen molar-refractivity contribution in [2.24, 2.45) is 5.92 Å². The van der Waals surface area contributed by atoms with Crippen LogP contribution in [0.4, 0.5) is 5.69 Å². The van der Waals surface area contributed by atoms with Crippen LogP contribution >= 0.6 is 0 Å². The van der Waals surface area contributed by atoms with Gasteiger partial charge >= 0.3 is 0 Å². The Morgan fingerprint density at radius 3 is 2.95 bits per heavy atom. The molecule has 108 valence electrons. The smallest absolute Gasteiger partial charge is 0.230 e. The zero-order chi connectivity index (χ0) is 14.1. The van der Waals surface area contributed by atoms with Crippen LogP contribution in [-0.2, 0) is 4.79 Å². The maximum atomic E-state index is 12.7. The topological polar surface area (TPSA) is 52.6 Å². The molecule has 0 spiro atoms. The quantitative estimate of drug-likeness (QED) is 0.865. The number of amides is 1. The van der Waals surface area contributed by atoms with Gasteiger partial charge in [-0.3, -0.25) is 4.79 Å². The molecule has 1 aromatic carbocycles. The minimum Gasteiger partial charge on any atom is -0.393 e. The van der Waals surface area contributed by atoms with Gasteiger partial charge in [0.05, 0.1) is 12.0 Å². The summed E-state index contributed by atoms with van der Waals surface area (Å²) in [5, 5.41) is 13.0. The Kier molecular flexibility index (Phi) is 3.66. The Labute approximate surface area is 119 Å². The summed E-state index contributed by atoms with van der Waals surface area (Å²) in [4.78, 5) is 14.7. The van der Waals surface area contributed by atoms with Gasteiger partial charge in [-0.25, -0.2) is 0 Å². The maximum Gasteiger partial charge on any atom is 0.230 e. The number of aliphatic hydroxyl groups excluding tert-OH is 1. The number of benzene rings is 1. The number of para-hydroxylation sites is 1. The summed E-state index contributed by atoms with van der Waals surface area (Å²) in [5.41, 5.74) is 2.20. The van der Waals surface area contributed by atoms with Crippen LogP contribution in [0.15, 0.2) is 24.3 Å². The Morgan fingerprint density at radius 1 is 1.40 bits per heavy atom. The van der Waals surface area contributed by atoms with Gasteiger partial charge in [-0.05, 0) is 31.4 Å². The van der Waals surface area contributed by atoms with Crippen LogP contribution < -0.4 is 5.32 Å². The second-order valence-corrected chi connectivity index (χ2v) is 5.93. The Bertz CT molecular complexity index is 501. The molecule has 2 N–H and O–H groups in total. The molecule has 4 heteroatoms. The van der Waals surface area contributed by atoms with E-state index in [2.05, 4.69) is 5.32 Å². The van der Waals surface area contributed by atoms with Gasteiger partial charge in [0.1, 0.15) is 0 Å². The summed E-state index contributed by atoms with van der Waals surface area (Å²) < 4.78 is 0. The normalized spacial score (nSPS) is 26.8. The van der Waals surface area contributed by atoms with E-state index < -0.39 is 0 Å². The molecule has 1 saturated heterocycles. The summed E-state index contributed by atoms with van der Waals surface area (Å²) in [5.74, 6) is 0.429. The van der Waals surface area contributed by atoms with Crippen LogP contribution in [0.1, 0.15) is 31.2 Å². The molecule has 2 aliphatic heterocycles. The summed E-state index contributed by atoms with van der Waals surface area (Å²) in [6.45, 7) is 4.14. The Hall–Kier alpha value is -1.55. The van der Waals surface area contributed by atoms with E-state index in [0.717, 1.165) is 37.2 Å². The molecule has 4 nitrogen and oxygen atoms in total. The lowest BCUT2D eigenvalue weighted by atomic mass is 9.90. The highest BCUT2D eigenvalue weighted by Crippen LogP contribution is 2.34. The zero-order valence-electron chi connectivity index (χ0n) is 11.9. The molecular weight excluding hydrogens is 252 g/mol. The molecule has 0 bridgehead atoms. The lowest BCUT2D eigenvalue weighted by Gasteiger charge is -2.29. The molecule has 20 heavy (non-hydrogen) atoms. The Balaban J connectivity index is 1.76. The molecule has 2 aliphatic rings. The molecule has 0 radical (unpaired) electrons. The van der Waals surface area contributed by atoms with Crippen molar-refractivity contribution in [3.05, 3.63) is 29.8 Å². The number of likely N-dealkylation sites (tertiary alicyclic amines) is 1. The first-order valence-corrected chi connectivity index (χ1v) is 7.46. The highest BCUT2D eigenvalue weighted by atomic mass is 16.3.